The van der Waals surface area contributed by atoms with E-state index in [1.807, 2.05) is 0 Å². The number of likely N-dealkylation sites (N-methyl/N-ethyl adjacent to an activating group) is 1. The summed E-state index contributed by atoms with van der Waals surface area (Å²) in [5.74, 6) is 0.641. The van der Waals surface area contributed by atoms with Crippen molar-refractivity contribution in [2.45, 2.75) is 18.6 Å². The molecular weight excluding hydrogens is 257 g/mol. The number of nitrogens with two attached hydrogens (primary N) is 1. The van der Waals surface area contributed by atoms with Crippen molar-refractivity contribution in [1.82, 2.24) is 9.80 Å². The van der Waals surface area contributed by atoms with E-state index in [1.54, 1.807) is 12.1 Å². The lowest BCUT2D eigenvalue weighted by Gasteiger charge is -2.40. The summed E-state index contributed by atoms with van der Waals surface area (Å²) in [5.41, 5.74) is 6.86. The van der Waals surface area contributed by atoms with Gasteiger partial charge in [-0.1, -0.05) is 0 Å². The first kappa shape index (κ1) is 13.8. The molecule has 2 aliphatic rings. The van der Waals surface area contributed by atoms with Crippen LogP contribution in [0.1, 0.15) is 5.56 Å². The van der Waals surface area contributed by atoms with Crippen molar-refractivity contribution in [1.29, 1.82) is 0 Å². The molecule has 1 fully saturated rings. The predicted molar refractivity (Wildman–Crippen MR) is 76.4 cm³/mol. The Morgan fingerprint density at radius 2 is 2.25 bits per heavy atom. The van der Waals surface area contributed by atoms with Crippen LogP contribution in [0.5, 0.6) is 5.75 Å². The van der Waals surface area contributed by atoms with Gasteiger partial charge in [-0.2, -0.15) is 0 Å². The van der Waals surface area contributed by atoms with Crippen molar-refractivity contribution in [3.05, 3.63) is 29.6 Å². The molecule has 20 heavy (non-hydrogen) atoms. The van der Waals surface area contributed by atoms with Gasteiger partial charge in [-0.15, -0.1) is 0 Å². The molecule has 5 heteroatoms. The Hall–Kier alpha value is -1.17. The highest BCUT2D eigenvalue weighted by molar-refractivity contribution is 5.37. The minimum atomic E-state index is -0.188. The SMILES string of the molecule is CN1CCN(CC2Cc3cc(F)ccc3O2)C(CN)C1. The second-order valence-electron chi connectivity index (χ2n) is 5.84. The zero-order chi connectivity index (χ0) is 14.1. The molecule has 0 amide bonds. The van der Waals surface area contributed by atoms with E-state index in [1.165, 1.54) is 6.07 Å². The lowest BCUT2D eigenvalue weighted by molar-refractivity contribution is 0.0597. The fourth-order valence-electron chi connectivity index (χ4n) is 3.16. The van der Waals surface area contributed by atoms with Crippen LogP contribution in [0.25, 0.3) is 0 Å². The van der Waals surface area contributed by atoms with Crippen molar-refractivity contribution >= 4 is 0 Å². The summed E-state index contributed by atoms with van der Waals surface area (Å²) >= 11 is 0. The molecule has 0 aliphatic carbocycles. The second kappa shape index (κ2) is 5.68. The largest absolute Gasteiger partial charge is 0.488 e. The normalized spacial score (nSPS) is 27.4. The number of fused-ring (bicyclic) bond motifs is 1. The van der Waals surface area contributed by atoms with Crippen molar-refractivity contribution in [2.75, 3.05) is 39.8 Å². The van der Waals surface area contributed by atoms with Gasteiger partial charge in [-0.05, 0) is 25.2 Å². The van der Waals surface area contributed by atoms with Crippen LogP contribution in [0.4, 0.5) is 4.39 Å². The van der Waals surface area contributed by atoms with Gasteiger partial charge in [0.1, 0.15) is 17.7 Å². The van der Waals surface area contributed by atoms with E-state index < -0.39 is 0 Å². The molecule has 2 aliphatic heterocycles. The third-order valence-electron chi connectivity index (χ3n) is 4.28. The number of nitrogens with zero attached hydrogens (tertiary/aromatic N) is 2. The number of hydrogen-bond acceptors (Lipinski definition) is 4. The summed E-state index contributed by atoms with van der Waals surface area (Å²) < 4.78 is 19.1. The molecule has 0 bridgehead atoms. The third kappa shape index (κ3) is 2.80. The zero-order valence-electron chi connectivity index (χ0n) is 11.9. The van der Waals surface area contributed by atoms with E-state index in [4.69, 9.17) is 10.5 Å². The summed E-state index contributed by atoms with van der Waals surface area (Å²) in [6.07, 6.45) is 0.903. The Morgan fingerprint density at radius 1 is 1.40 bits per heavy atom. The number of rotatable bonds is 3. The zero-order valence-corrected chi connectivity index (χ0v) is 11.9. The summed E-state index contributed by atoms with van der Waals surface area (Å²) in [6.45, 7) is 4.61. The minimum Gasteiger partial charge on any atom is -0.488 e. The molecule has 110 valence electrons. The quantitative estimate of drug-likeness (QED) is 0.884. The van der Waals surface area contributed by atoms with E-state index in [9.17, 15) is 4.39 Å². The number of benzene rings is 1. The monoisotopic (exact) mass is 279 g/mol. The molecule has 1 saturated heterocycles. The van der Waals surface area contributed by atoms with Gasteiger partial charge < -0.3 is 15.4 Å². The van der Waals surface area contributed by atoms with E-state index >= 15 is 0 Å². The Balaban J connectivity index is 1.62. The Labute approximate surface area is 119 Å². The smallest absolute Gasteiger partial charge is 0.123 e. The van der Waals surface area contributed by atoms with Crippen LogP contribution in [-0.4, -0.2) is 61.7 Å². The highest BCUT2D eigenvalue weighted by Crippen LogP contribution is 2.30. The maximum Gasteiger partial charge on any atom is 0.123 e. The molecule has 2 heterocycles. The van der Waals surface area contributed by atoms with Crippen LogP contribution in [0.3, 0.4) is 0 Å². The van der Waals surface area contributed by atoms with Gasteiger partial charge >= 0.3 is 0 Å². The average molecular weight is 279 g/mol. The molecule has 2 unspecified atom stereocenters. The van der Waals surface area contributed by atoms with Gasteiger partial charge in [0.25, 0.3) is 0 Å². The van der Waals surface area contributed by atoms with Gasteiger partial charge in [-0.3, -0.25) is 4.90 Å². The third-order valence-corrected chi connectivity index (χ3v) is 4.28. The highest BCUT2D eigenvalue weighted by Gasteiger charge is 2.30. The Kier molecular flexibility index (Phi) is 3.92. The predicted octanol–water partition coefficient (Wildman–Crippen LogP) is 0.704. The molecule has 2 N–H and O–H groups in total. The van der Waals surface area contributed by atoms with Gasteiger partial charge in [0, 0.05) is 50.7 Å². The minimum absolute atomic E-state index is 0.115. The average Bonchev–Trinajstić information content (AvgIpc) is 2.82. The van der Waals surface area contributed by atoms with Gasteiger partial charge in [-0.25, -0.2) is 4.39 Å². The summed E-state index contributed by atoms with van der Waals surface area (Å²) in [4.78, 5) is 4.72. The van der Waals surface area contributed by atoms with Crippen LogP contribution < -0.4 is 10.5 Å². The summed E-state index contributed by atoms with van der Waals surface area (Å²) in [6, 6.07) is 5.16. The maximum absolute atomic E-state index is 13.2. The van der Waals surface area contributed by atoms with E-state index in [0.717, 1.165) is 43.9 Å². The molecule has 4 nitrogen and oxygen atoms in total. The van der Waals surface area contributed by atoms with Gasteiger partial charge in [0.15, 0.2) is 0 Å². The molecule has 2 atom stereocenters. The van der Waals surface area contributed by atoms with Crippen LogP contribution in [0.15, 0.2) is 18.2 Å². The first-order valence-corrected chi connectivity index (χ1v) is 7.23. The second-order valence-corrected chi connectivity index (χ2v) is 5.84. The van der Waals surface area contributed by atoms with E-state index in [-0.39, 0.29) is 11.9 Å². The topological polar surface area (TPSA) is 41.7 Å². The fraction of sp³-hybridized carbons (Fsp3) is 0.600. The number of halogens is 1. The molecule has 0 saturated carbocycles. The van der Waals surface area contributed by atoms with Crippen molar-refractivity contribution in [3.63, 3.8) is 0 Å². The molecule has 0 spiro atoms. The fourth-order valence-corrected chi connectivity index (χ4v) is 3.16. The highest BCUT2D eigenvalue weighted by atomic mass is 19.1. The number of hydrogen-bond donors (Lipinski definition) is 1. The molecular formula is C15H22FN3O. The molecule has 1 aromatic rings. The lowest BCUT2D eigenvalue weighted by Crippen LogP contribution is -2.56. The van der Waals surface area contributed by atoms with Crippen molar-refractivity contribution in [2.24, 2.45) is 5.73 Å². The van der Waals surface area contributed by atoms with Gasteiger partial charge in [0.05, 0.1) is 0 Å². The maximum atomic E-state index is 13.2. The molecule has 3 rings (SSSR count). The van der Waals surface area contributed by atoms with Crippen molar-refractivity contribution in [3.8, 4) is 5.75 Å². The lowest BCUT2D eigenvalue weighted by atomic mass is 10.1. The van der Waals surface area contributed by atoms with Crippen LogP contribution >= 0.6 is 0 Å². The van der Waals surface area contributed by atoms with E-state index in [0.29, 0.717) is 12.6 Å². The standard InChI is InChI=1S/C15H22FN3O/c1-18-4-5-19(13(8-17)9-18)10-14-7-11-6-12(16)2-3-15(11)20-14/h2-3,6,13-14H,4-5,7-10,17H2,1H3. The van der Waals surface area contributed by atoms with Crippen LogP contribution in [-0.2, 0) is 6.42 Å². The Bertz CT molecular complexity index is 482. The molecule has 1 aromatic carbocycles. The summed E-state index contributed by atoms with van der Waals surface area (Å²) in [7, 11) is 2.13. The van der Waals surface area contributed by atoms with E-state index in [2.05, 4.69) is 16.8 Å². The first-order valence-electron chi connectivity index (χ1n) is 7.23. The number of ether oxygens (including phenoxy) is 1. The van der Waals surface area contributed by atoms with Crippen LogP contribution in [0, 0.1) is 5.82 Å². The summed E-state index contributed by atoms with van der Waals surface area (Å²) in [5, 5.41) is 0. The molecule has 0 aromatic heterocycles. The Morgan fingerprint density at radius 3 is 3.05 bits per heavy atom. The van der Waals surface area contributed by atoms with Gasteiger partial charge in [0.2, 0.25) is 0 Å². The number of piperazine rings is 1. The van der Waals surface area contributed by atoms with Crippen LogP contribution in [0.2, 0.25) is 0 Å². The first-order chi connectivity index (χ1) is 9.65. The van der Waals surface area contributed by atoms with Crippen molar-refractivity contribution < 1.29 is 9.13 Å². The molecule has 0 radical (unpaired) electrons.